The smallest absolute Gasteiger partial charge is 0.412 e. The zero-order chi connectivity index (χ0) is 20.0. The summed E-state index contributed by atoms with van der Waals surface area (Å²) in [5.41, 5.74) is 1.60. The van der Waals surface area contributed by atoms with Crippen LogP contribution in [0.2, 0.25) is 0 Å². The number of hydrogen-bond donors (Lipinski definition) is 2. The number of allylic oxidation sites excluding steroid dienone is 1. The van der Waals surface area contributed by atoms with Crippen LogP contribution < -0.4 is 20.1 Å². The van der Waals surface area contributed by atoms with Crippen LogP contribution in [0, 0.1) is 0 Å². The summed E-state index contributed by atoms with van der Waals surface area (Å²) in [6.07, 6.45) is 2.54. The first-order valence-electron chi connectivity index (χ1n) is 8.86. The van der Waals surface area contributed by atoms with Crippen LogP contribution in [-0.2, 0) is 9.47 Å². The highest BCUT2D eigenvalue weighted by Crippen LogP contribution is 2.32. The summed E-state index contributed by atoms with van der Waals surface area (Å²) < 4.78 is 21.7. The van der Waals surface area contributed by atoms with Crippen molar-refractivity contribution in [3.8, 4) is 11.5 Å². The van der Waals surface area contributed by atoms with Gasteiger partial charge in [0.05, 0.1) is 25.6 Å². The van der Waals surface area contributed by atoms with E-state index in [2.05, 4.69) is 10.6 Å². The van der Waals surface area contributed by atoms with Gasteiger partial charge in [-0.15, -0.1) is 0 Å². The quantitative estimate of drug-likeness (QED) is 0.778. The van der Waals surface area contributed by atoms with Crippen LogP contribution in [0.1, 0.15) is 46.1 Å². The number of alkyl carbamates (subject to hydrolysis) is 1. The Morgan fingerprint density at radius 2 is 1.96 bits per heavy atom. The lowest BCUT2D eigenvalue weighted by molar-refractivity contribution is 0.0540. The molecule has 0 radical (unpaired) electrons. The molecule has 1 aliphatic heterocycles. The van der Waals surface area contributed by atoms with Gasteiger partial charge in [-0.25, -0.2) is 4.79 Å². The molecule has 1 aliphatic rings. The predicted molar refractivity (Wildman–Crippen MR) is 103 cm³/mol. The lowest BCUT2D eigenvalue weighted by Crippen LogP contribution is -2.33. The Balaban J connectivity index is 2.20. The monoisotopic (exact) mass is 376 g/mol. The predicted octanol–water partition coefficient (Wildman–Crippen LogP) is 4.12. The molecular weight excluding hydrogens is 348 g/mol. The molecule has 0 spiro atoms. The number of ether oxygens (including phenoxy) is 4. The zero-order valence-electron chi connectivity index (χ0n) is 16.8. The minimum atomic E-state index is -0.574. The second-order valence-corrected chi connectivity index (χ2v) is 7.03. The van der Waals surface area contributed by atoms with Gasteiger partial charge in [-0.2, -0.15) is 0 Å². The van der Waals surface area contributed by atoms with Crippen LogP contribution in [0.3, 0.4) is 0 Å². The van der Waals surface area contributed by atoms with Crippen molar-refractivity contribution in [3.05, 3.63) is 41.6 Å². The summed E-state index contributed by atoms with van der Waals surface area (Å²) in [4.78, 5) is 12.1. The minimum absolute atomic E-state index is 0.468. The van der Waals surface area contributed by atoms with Crippen molar-refractivity contribution in [1.29, 1.82) is 0 Å². The van der Waals surface area contributed by atoms with Crippen molar-refractivity contribution >= 4 is 11.8 Å². The van der Waals surface area contributed by atoms with Gasteiger partial charge >= 0.3 is 6.09 Å². The Hall–Kier alpha value is -2.83. The Morgan fingerprint density at radius 3 is 2.56 bits per heavy atom. The van der Waals surface area contributed by atoms with E-state index >= 15 is 0 Å². The number of methoxy groups -OCH3 is 2. The van der Waals surface area contributed by atoms with Gasteiger partial charge in [-0.1, -0.05) is 13.3 Å². The Morgan fingerprint density at radius 1 is 1.22 bits per heavy atom. The van der Waals surface area contributed by atoms with Crippen LogP contribution >= 0.6 is 0 Å². The molecule has 0 atom stereocenters. The van der Waals surface area contributed by atoms with Crippen molar-refractivity contribution in [1.82, 2.24) is 10.6 Å². The van der Waals surface area contributed by atoms with E-state index in [0.717, 1.165) is 17.7 Å². The van der Waals surface area contributed by atoms with Gasteiger partial charge in [0, 0.05) is 11.6 Å². The van der Waals surface area contributed by atoms with E-state index in [1.165, 1.54) is 0 Å². The molecule has 0 saturated heterocycles. The summed E-state index contributed by atoms with van der Waals surface area (Å²) in [5, 5.41) is 5.98. The molecule has 1 aromatic rings. The van der Waals surface area contributed by atoms with E-state index in [-0.39, 0.29) is 0 Å². The fraction of sp³-hybridized carbons (Fsp3) is 0.450. The molecule has 0 unspecified atom stereocenters. The van der Waals surface area contributed by atoms with Crippen molar-refractivity contribution in [3.63, 3.8) is 0 Å². The Labute approximate surface area is 160 Å². The molecule has 27 heavy (non-hydrogen) atoms. The summed E-state index contributed by atoms with van der Waals surface area (Å²) in [6.45, 7) is 7.48. The van der Waals surface area contributed by atoms with Crippen LogP contribution in [-0.4, -0.2) is 25.9 Å². The molecule has 7 heteroatoms. The van der Waals surface area contributed by atoms with Gasteiger partial charge in [-0.05, 0) is 39.3 Å². The first kappa shape index (κ1) is 20.5. The van der Waals surface area contributed by atoms with Gasteiger partial charge in [0.25, 0.3) is 0 Å². The van der Waals surface area contributed by atoms with Crippen molar-refractivity contribution in [2.45, 2.75) is 46.1 Å². The molecule has 0 bridgehead atoms. The largest absolute Gasteiger partial charge is 0.497 e. The summed E-state index contributed by atoms with van der Waals surface area (Å²) in [5.74, 6) is 1.81. The highest BCUT2D eigenvalue weighted by molar-refractivity contribution is 5.73. The molecule has 2 rings (SSSR count). The third kappa shape index (κ3) is 5.57. The van der Waals surface area contributed by atoms with Crippen LogP contribution in [0.25, 0.3) is 5.70 Å². The van der Waals surface area contributed by atoms with Gasteiger partial charge in [0.1, 0.15) is 23.4 Å². The van der Waals surface area contributed by atoms with Gasteiger partial charge < -0.3 is 24.3 Å². The highest BCUT2D eigenvalue weighted by Gasteiger charge is 2.23. The first-order chi connectivity index (χ1) is 12.8. The lowest BCUT2D eigenvalue weighted by Gasteiger charge is -2.21. The normalized spacial score (nSPS) is 15.3. The van der Waals surface area contributed by atoms with Crippen LogP contribution in [0.4, 0.5) is 4.79 Å². The molecule has 148 valence electrons. The molecular formula is C20H28N2O5. The minimum Gasteiger partial charge on any atom is -0.497 e. The molecule has 0 saturated carbocycles. The third-order valence-corrected chi connectivity index (χ3v) is 3.67. The van der Waals surface area contributed by atoms with E-state index in [9.17, 15) is 4.79 Å². The number of rotatable bonds is 6. The standard InChI is InChI=1S/C20H28N2O5/c1-7-8-15(22-19(23)27-20(2,3)4)18-21-16(12-26-18)14-10-9-13(24-5)11-17(14)25-6/h9-12,21H,7-8H2,1-6H3,(H,22,23)/b18-15-. The number of nitrogens with one attached hydrogen (secondary N) is 2. The fourth-order valence-corrected chi connectivity index (χ4v) is 2.51. The van der Waals surface area contributed by atoms with E-state index in [0.29, 0.717) is 29.5 Å². The summed E-state index contributed by atoms with van der Waals surface area (Å²) >= 11 is 0. The van der Waals surface area contributed by atoms with Gasteiger partial charge in [0.15, 0.2) is 0 Å². The average molecular weight is 376 g/mol. The Kier molecular flexibility index (Phi) is 6.60. The van der Waals surface area contributed by atoms with Crippen molar-refractivity contribution in [2.75, 3.05) is 14.2 Å². The van der Waals surface area contributed by atoms with Gasteiger partial charge in [0.2, 0.25) is 5.88 Å². The fourth-order valence-electron chi connectivity index (χ4n) is 2.51. The zero-order valence-corrected chi connectivity index (χ0v) is 16.8. The number of carbonyl (C=O) groups excluding carboxylic acids is 1. The topological polar surface area (TPSA) is 78.1 Å². The number of benzene rings is 1. The number of carbonyl (C=O) groups is 1. The Bertz CT molecular complexity index is 747. The van der Waals surface area contributed by atoms with E-state index in [1.54, 1.807) is 26.5 Å². The molecule has 7 nitrogen and oxygen atoms in total. The number of amides is 1. The van der Waals surface area contributed by atoms with Crippen LogP contribution in [0.5, 0.6) is 11.5 Å². The molecule has 1 heterocycles. The van der Waals surface area contributed by atoms with Crippen molar-refractivity contribution in [2.24, 2.45) is 0 Å². The summed E-state index contributed by atoms with van der Waals surface area (Å²) in [6, 6.07) is 5.52. The van der Waals surface area contributed by atoms with Crippen molar-refractivity contribution < 1.29 is 23.7 Å². The molecule has 2 N–H and O–H groups in total. The second kappa shape index (κ2) is 8.70. The highest BCUT2D eigenvalue weighted by atomic mass is 16.6. The molecule has 0 fully saturated rings. The molecule has 0 aromatic heterocycles. The maximum absolute atomic E-state index is 12.1. The maximum Gasteiger partial charge on any atom is 0.412 e. The van der Waals surface area contributed by atoms with E-state index < -0.39 is 11.7 Å². The lowest BCUT2D eigenvalue weighted by atomic mass is 10.1. The van der Waals surface area contributed by atoms with E-state index in [4.69, 9.17) is 18.9 Å². The molecule has 0 aliphatic carbocycles. The summed E-state index contributed by atoms with van der Waals surface area (Å²) in [7, 11) is 3.20. The second-order valence-electron chi connectivity index (χ2n) is 7.03. The number of hydrogen-bond acceptors (Lipinski definition) is 6. The molecule has 1 amide bonds. The van der Waals surface area contributed by atoms with Crippen LogP contribution in [0.15, 0.2) is 36.0 Å². The van der Waals surface area contributed by atoms with E-state index in [1.807, 2.05) is 39.8 Å². The molecule has 1 aromatic carbocycles. The maximum atomic E-state index is 12.1. The average Bonchev–Trinajstić information content (AvgIpc) is 3.09. The first-order valence-corrected chi connectivity index (χ1v) is 8.86. The van der Waals surface area contributed by atoms with Gasteiger partial charge in [-0.3, -0.25) is 5.32 Å². The third-order valence-electron chi connectivity index (χ3n) is 3.67. The SMILES string of the molecule is CCC/C(NC(=O)OC(C)(C)C)=C1\NC(c2ccc(OC)cc2OC)=CO1.